The topological polar surface area (TPSA) is 64.3 Å². The normalized spacial score (nSPS) is 25.3. The van der Waals surface area contributed by atoms with Crippen molar-refractivity contribution in [3.8, 4) is 0 Å². The van der Waals surface area contributed by atoms with Crippen molar-refractivity contribution in [3.63, 3.8) is 0 Å². The first-order chi connectivity index (χ1) is 6.78. The highest BCUT2D eigenvalue weighted by Gasteiger charge is 2.29. The molecule has 1 rings (SSSR count). The molecule has 3 N–H and O–H groups in total. The number of ether oxygens (including phenoxy) is 1. The van der Waals surface area contributed by atoms with Gasteiger partial charge in [-0.15, -0.1) is 0 Å². The van der Waals surface area contributed by atoms with E-state index in [-0.39, 0.29) is 6.04 Å². The van der Waals surface area contributed by atoms with Crippen molar-refractivity contribution in [2.45, 2.75) is 45.3 Å². The molecule has 0 bridgehead atoms. The minimum Gasteiger partial charge on any atom is -0.444 e. The summed E-state index contributed by atoms with van der Waals surface area (Å²) >= 11 is 0. The van der Waals surface area contributed by atoms with Crippen LogP contribution in [-0.2, 0) is 4.74 Å². The van der Waals surface area contributed by atoms with Gasteiger partial charge in [-0.3, -0.25) is 5.32 Å². The first-order valence-electron chi connectivity index (χ1n) is 5.22. The molecule has 0 heterocycles. The van der Waals surface area contributed by atoms with Crippen LogP contribution in [0.4, 0.5) is 4.79 Å². The lowest BCUT2D eigenvalue weighted by Gasteiger charge is -2.34. The monoisotopic (exact) mass is 212 g/mol. The van der Waals surface area contributed by atoms with E-state index in [2.05, 4.69) is 11.9 Å². The molecular formula is C11H20N2O2. The van der Waals surface area contributed by atoms with E-state index in [4.69, 9.17) is 10.5 Å². The minimum absolute atomic E-state index is 0.257. The Labute approximate surface area is 90.9 Å². The summed E-state index contributed by atoms with van der Waals surface area (Å²) in [6, 6.07) is 0.257. The number of hydrogen-bond donors (Lipinski definition) is 2. The standard InChI is InChI=1S/C11H20N2O2/c1-7(8-5-9(12)6-8)13-10(14)15-11(2,3)4/h8-9H,1,5-6,12H2,2-4H3,(H,13,14). The van der Waals surface area contributed by atoms with E-state index in [0.717, 1.165) is 12.8 Å². The van der Waals surface area contributed by atoms with Gasteiger partial charge in [-0.2, -0.15) is 0 Å². The summed E-state index contributed by atoms with van der Waals surface area (Å²) in [6.07, 6.45) is 1.36. The molecule has 4 nitrogen and oxygen atoms in total. The molecule has 15 heavy (non-hydrogen) atoms. The number of hydrogen-bond acceptors (Lipinski definition) is 3. The lowest BCUT2D eigenvalue weighted by atomic mass is 9.79. The molecule has 0 aromatic carbocycles. The second-order valence-corrected chi connectivity index (χ2v) is 5.08. The minimum atomic E-state index is -0.472. The van der Waals surface area contributed by atoms with Crippen LogP contribution in [0.5, 0.6) is 0 Å². The van der Waals surface area contributed by atoms with E-state index >= 15 is 0 Å². The third-order valence-electron chi connectivity index (χ3n) is 2.33. The Morgan fingerprint density at radius 1 is 1.47 bits per heavy atom. The molecule has 0 aromatic heterocycles. The van der Waals surface area contributed by atoms with Crippen LogP contribution < -0.4 is 11.1 Å². The Hall–Kier alpha value is -1.03. The average molecular weight is 212 g/mol. The van der Waals surface area contributed by atoms with Crippen molar-refractivity contribution >= 4 is 6.09 Å². The van der Waals surface area contributed by atoms with Crippen molar-refractivity contribution in [2.24, 2.45) is 11.7 Å². The van der Waals surface area contributed by atoms with Crippen molar-refractivity contribution < 1.29 is 9.53 Å². The Balaban J connectivity index is 2.29. The summed E-state index contributed by atoms with van der Waals surface area (Å²) in [6.45, 7) is 9.30. The summed E-state index contributed by atoms with van der Waals surface area (Å²) in [5.41, 5.74) is 5.90. The zero-order chi connectivity index (χ0) is 11.6. The molecular weight excluding hydrogens is 192 g/mol. The maximum atomic E-state index is 11.4. The maximum Gasteiger partial charge on any atom is 0.411 e. The first kappa shape index (κ1) is 12.0. The predicted octanol–water partition coefficient (Wildman–Crippen LogP) is 1.76. The molecule has 1 fully saturated rings. The van der Waals surface area contributed by atoms with Gasteiger partial charge >= 0.3 is 6.09 Å². The Morgan fingerprint density at radius 3 is 2.40 bits per heavy atom. The maximum absolute atomic E-state index is 11.4. The van der Waals surface area contributed by atoms with Crippen molar-refractivity contribution in [3.05, 3.63) is 12.3 Å². The fraction of sp³-hybridized carbons (Fsp3) is 0.727. The zero-order valence-electron chi connectivity index (χ0n) is 9.67. The number of allylic oxidation sites excluding steroid dienone is 1. The van der Waals surface area contributed by atoms with Gasteiger partial charge in [0.2, 0.25) is 0 Å². The number of carbonyl (C=O) groups excluding carboxylic acids is 1. The van der Waals surface area contributed by atoms with E-state index in [1.807, 2.05) is 20.8 Å². The van der Waals surface area contributed by atoms with E-state index in [1.54, 1.807) is 0 Å². The fourth-order valence-corrected chi connectivity index (χ4v) is 1.48. The first-order valence-corrected chi connectivity index (χ1v) is 5.22. The second kappa shape index (κ2) is 4.23. The van der Waals surface area contributed by atoms with Crippen LogP contribution in [0.15, 0.2) is 12.3 Å². The van der Waals surface area contributed by atoms with Gasteiger partial charge in [0.25, 0.3) is 0 Å². The van der Waals surface area contributed by atoms with Crippen molar-refractivity contribution in [2.75, 3.05) is 0 Å². The van der Waals surface area contributed by atoms with Crippen LogP contribution in [0.2, 0.25) is 0 Å². The van der Waals surface area contributed by atoms with Gasteiger partial charge in [0, 0.05) is 17.7 Å². The van der Waals surface area contributed by atoms with Gasteiger partial charge in [-0.05, 0) is 33.6 Å². The predicted molar refractivity (Wildman–Crippen MR) is 59.2 cm³/mol. The number of rotatable bonds is 2. The zero-order valence-corrected chi connectivity index (χ0v) is 9.67. The molecule has 0 aliphatic heterocycles. The SMILES string of the molecule is C=C(NC(=O)OC(C)(C)C)C1CC(N)C1. The highest BCUT2D eigenvalue weighted by atomic mass is 16.6. The third kappa shape index (κ3) is 3.91. The largest absolute Gasteiger partial charge is 0.444 e. The summed E-state index contributed by atoms with van der Waals surface area (Å²) in [4.78, 5) is 11.4. The fourth-order valence-electron chi connectivity index (χ4n) is 1.48. The molecule has 1 aliphatic carbocycles. The lowest BCUT2D eigenvalue weighted by Crippen LogP contribution is -2.42. The Morgan fingerprint density at radius 2 is 2.00 bits per heavy atom. The molecule has 4 heteroatoms. The van der Waals surface area contributed by atoms with E-state index in [1.165, 1.54) is 0 Å². The summed E-state index contributed by atoms with van der Waals surface area (Å²) in [7, 11) is 0. The van der Waals surface area contributed by atoms with Crippen LogP contribution in [-0.4, -0.2) is 17.7 Å². The smallest absolute Gasteiger partial charge is 0.411 e. The summed E-state index contributed by atoms with van der Waals surface area (Å²) in [5.74, 6) is 0.313. The van der Waals surface area contributed by atoms with E-state index in [9.17, 15) is 4.79 Å². The lowest BCUT2D eigenvalue weighted by molar-refractivity contribution is 0.0534. The molecule has 0 spiro atoms. The van der Waals surface area contributed by atoms with Gasteiger partial charge in [0.1, 0.15) is 5.60 Å². The number of alkyl carbamates (subject to hydrolysis) is 1. The van der Waals surface area contributed by atoms with Gasteiger partial charge in [-0.1, -0.05) is 6.58 Å². The molecule has 0 radical (unpaired) electrons. The second-order valence-electron chi connectivity index (χ2n) is 5.08. The van der Waals surface area contributed by atoms with Crippen molar-refractivity contribution in [1.29, 1.82) is 0 Å². The van der Waals surface area contributed by atoms with Gasteiger partial charge < -0.3 is 10.5 Å². The van der Waals surface area contributed by atoms with Crippen LogP contribution in [0, 0.1) is 5.92 Å². The molecule has 86 valence electrons. The number of carbonyl (C=O) groups is 1. The molecule has 1 aliphatic rings. The molecule has 0 unspecified atom stereocenters. The van der Waals surface area contributed by atoms with Gasteiger partial charge in [0.05, 0.1) is 0 Å². The quantitative estimate of drug-likeness (QED) is 0.733. The Kier molecular flexibility index (Phi) is 3.39. The van der Waals surface area contributed by atoms with Crippen LogP contribution in [0.25, 0.3) is 0 Å². The number of nitrogens with two attached hydrogens (primary N) is 1. The van der Waals surface area contributed by atoms with Crippen LogP contribution in [0.1, 0.15) is 33.6 Å². The third-order valence-corrected chi connectivity index (χ3v) is 2.33. The highest BCUT2D eigenvalue weighted by molar-refractivity contribution is 5.70. The van der Waals surface area contributed by atoms with Gasteiger partial charge in [0.15, 0.2) is 0 Å². The summed E-state index contributed by atoms with van der Waals surface area (Å²) in [5, 5.41) is 2.65. The molecule has 1 amide bonds. The van der Waals surface area contributed by atoms with E-state index < -0.39 is 11.7 Å². The number of amides is 1. The van der Waals surface area contributed by atoms with Crippen molar-refractivity contribution in [1.82, 2.24) is 5.32 Å². The molecule has 0 saturated heterocycles. The van der Waals surface area contributed by atoms with Crippen LogP contribution in [0.3, 0.4) is 0 Å². The van der Waals surface area contributed by atoms with E-state index in [0.29, 0.717) is 11.6 Å². The highest BCUT2D eigenvalue weighted by Crippen LogP contribution is 2.30. The molecule has 0 aromatic rings. The summed E-state index contributed by atoms with van der Waals surface area (Å²) < 4.78 is 5.11. The number of nitrogens with one attached hydrogen (secondary N) is 1. The Bertz CT molecular complexity index is 262. The van der Waals surface area contributed by atoms with Crippen LogP contribution >= 0.6 is 0 Å². The van der Waals surface area contributed by atoms with Gasteiger partial charge in [-0.25, -0.2) is 4.79 Å². The molecule has 1 saturated carbocycles. The molecule has 0 atom stereocenters. The average Bonchev–Trinajstić information content (AvgIpc) is 1.94.